The number of halogens is 15. The Labute approximate surface area is 875 Å². The summed E-state index contributed by atoms with van der Waals surface area (Å²) >= 11 is 85.6. The number of benzene rings is 3. The number of pyridine rings is 9. The molecule has 3 fully saturated rings. The molecule has 12 aromatic rings. The molecule has 6 N–H and O–H groups in total. The Bertz CT molecular complexity index is 6860. The quantitative estimate of drug-likeness (QED) is 0.0371. The Hall–Kier alpha value is -11.3. The van der Waals surface area contributed by atoms with Crippen LogP contribution in [-0.4, -0.2) is 152 Å². The number of carbonyl (C=O) groups excluding carboxylic acids is 3. The number of hydrogen-bond acceptors (Lipinski definition) is 21. The van der Waals surface area contributed by atoms with Gasteiger partial charge in [-0.1, -0.05) is 212 Å². The third kappa shape index (κ3) is 18.9. The number of piperazine rings is 3. The van der Waals surface area contributed by atoms with Gasteiger partial charge in [-0.3, -0.25) is 57.4 Å². The molecule has 0 aliphatic carbocycles. The minimum Gasteiger partial charge on any atom is -0.396 e. The topological polar surface area (TPSA) is 363 Å². The molecular formula is C99H90Cl13F2N21O6. The van der Waals surface area contributed by atoms with E-state index in [-0.39, 0.29) is 225 Å². The number of aromatic nitrogens is 9. The molecule has 12 heterocycles. The number of nitriles is 3. The van der Waals surface area contributed by atoms with Crippen LogP contribution in [0.1, 0.15) is 151 Å². The van der Waals surface area contributed by atoms with E-state index in [2.05, 4.69) is 52.9 Å². The molecule has 3 saturated heterocycles. The normalized spacial score (nSPS) is 16.6. The van der Waals surface area contributed by atoms with Crippen molar-refractivity contribution in [2.75, 3.05) is 71.2 Å². The molecule has 3 aliphatic heterocycles. The van der Waals surface area contributed by atoms with Crippen LogP contribution in [0.25, 0.3) is 83.9 Å². The summed E-state index contributed by atoms with van der Waals surface area (Å²) in [5.74, 6) is -3.88. The van der Waals surface area contributed by atoms with Gasteiger partial charge in [0.25, 0.3) is 16.7 Å². The Kier molecular flexibility index (Phi) is 32.1. The van der Waals surface area contributed by atoms with E-state index in [1.165, 1.54) is 38.0 Å². The lowest BCUT2D eigenvalue weighted by atomic mass is 10.0. The molecule has 27 nitrogen and oxygen atoms in total. The number of nitrogens with zero attached hydrogens (tertiary/aromatic N) is 18. The average Bonchev–Trinajstić information content (AvgIpc) is 0.725. The van der Waals surface area contributed by atoms with Crippen LogP contribution in [-0.2, 0) is 14.4 Å². The highest BCUT2D eigenvalue weighted by Crippen LogP contribution is 2.54. The van der Waals surface area contributed by atoms with Crippen LogP contribution in [0, 0.1) is 66.4 Å². The Morgan fingerprint density at radius 1 is 0.383 bits per heavy atom. The lowest BCUT2D eigenvalue weighted by molar-refractivity contribution is -0.131. The zero-order valence-electron chi connectivity index (χ0n) is 78.4. The van der Waals surface area contributed by atoms with Crippen LogP contribution >= 0.6 is 151 Å². The fraction of sp³-hybridized carbons (Fsp3) is 0.303. The molecule has 732 valence electrons. The summed E-state index contributed by atoms with van der Waals surface area (Å²) < 4.78 is 33.4. The first-order valence-corrected chi connectivity index (χ1v) is 48.8. The van der Waals surface area contributed by atoms with Crippen molar-refractivity contribution in [3.8, 4) is 69.0 Å². The molecule has 0 bridgehead atoms. The second kappa shape index (κ2) is 42.3. The van der Waals surface area contributed by atoms with Crippen molar-refractivity contribution in [2.24, 2.45) is 0 Å². The minimum atomic E-state index is -1.44. The number of nitrogen functional groups attached to an aromatic ring is 3. The fourth-order valence-electron chi connectivity index (χ4n) is 18.8. The summed E-state index contributed by atoms with van der Waals surface area (Å²) in [5.41, 5.74) is 21.7. The van der Waals surface area contributed by atoms with Gasteiger partial charge in [-0.05, 0) is 151 Å². The van der Waals surface area contributed by atoms with Gasteiger partial charge in [0.05, 0.1) is 151 Å². The van der Waals surface area contributed by atoms with Gasteiger partial charge < -0.3 is 46.6 Å². The standard InChI is InChI=1S/2C33H30Cl5N7O2.C33H30Cl3F2N7O2/c3*1-7-21(46)44-16(5)12-43(13-17(44)6)31-18-10-20(34)29(22-23(35)25(37)26(38)27(40)24(22)36)42-32(18)45(33(47)19(31)11-39)30-15(4)8-9-41-28(30)14(2)3/h3*7-10,14,16-17H,1,12-13,40H2,2-6H3/t3*16-,17+. The monoisotopic (exact) mass is 2160 g/mol. The van der Waals surface area contributed by atoms with E-state index in [1.807, 2.05) is 112 Å². The summed E-state index contributed by atoms with van der Waals surface area (Å²) in [6.07, 6.45) is 8.75. The van der Waals surface area contributed by atoms with Crippen molar-refractivity contribution in [1.82, 2.24) is 58.3 Å². The van der Waals surface area contributed by atoms with Gasteiger partial charge in [-0.15, -0.1) is 0 Å². The van der Waals surface area contributed by atoms with Crippen LogP contribution in [0.5, 0.6) is 0 Å². The Morgan fingerprint density at radius 2 is 0.624 bits per heavy atom. The Balaban J connectivity index is 0.000000178. The van der Waals surface area contributed by atoms with Gasteiger partial charge in [-0.2, -0.15) is 15.8 Å². The predicted octanol–water partition coefficient (Wildman–Crippen LogP) is 23.6. The zero-order valence-corrected chi connectivity index (χ0v) is 88.2. The van der Waals surface area contributed by atoms with Crippen molar-refractivity contribution in [3.63, 3.8) is 0 Å². The third-order valence-electron chi connectivity index (χ3n) is 24.9. The van der Waals surface area contributed by atoms with E-state index >= 15 is 0 Å². The van der Waals surface area contributed by atoms with Crippen molar-refractivity contribution in [2.45, 2.75) is 158 Å². The zero-order chi connectivity index (χ0) is 104. The number of carbonyl (C=O) groups is 3. The minimum absolute atomic E-state index is 0.0197. The molecule has 15 rings (SSSR count). The summed E-state index contributed by atoms with van der Waals surface area (Å²) in [6.45, 7) is 41.1. The van der Waals surface area contributed by atoms with Crippen LogP contribution in [0.3, 0.4) is 0 Å². The second-order valence-electron chi connectivity index (χ2n) is 35.3. The number of anilines is 6. The van der Waals surface area contributed by atoms with Crippen molar-refractivity contribution < 1.29 is 23.2 Å². The predicted molar refractivity (Wildman–Crippen MR) is 565 cm³/mol. The highest BCUT2D eigenvalue weighted by Gasteiger charge is 2.42. The smallest absolute Gasteiger partial charge is 0.276 e. The molecule has 141 heavy (non-hydrogen) atoms. The van der Waals surface area contributed by atoms with Crippen LogP contribution in [0.2, 0.25) is 65.3 Å². The van der Waals surface area contributed by atoms with E-state index in [0.717, 1.165) is 11.1 Å². The average molecular weight is 2170 g/mol. The van der Waals surface area contributed by atoms with Gasteiger partial charge in [0.15, 0.2) is 11.6 Å². The third-order valence-corrected chi connectivity index (χ3v) is 30.0. The highest BCUT2D eigenvalue weighted by molar-refractivity contribution is 6.55. The SMILES string of the molecule is C=CC(=O)N1[C@H](C)CN(c2c(C#N)c(=O)n(-c3c(C)ccnc3C(C)C)c3nc(-c4c(Cl)c(N)c(Cl)c(Cl)c4Cl)c(Cl)cc23)C[C@@H]1C.C=CC(=O)N1[C@H](C)CN(c2c(C#N)c(=O)n(-c3c(C)ccnc3C(C)C)c3nc(-c4c(Cl)c(N)c(Cl)c(Cl)c4Cl)c(Cl)cc23)C[C@@H]1C.C=CC(=O)N1[C@H](C)CN(c2c(C#N)c(=O)n(-c3c(C)ccnc3C(C)C)c3nc(-c4c(Cl)c(N)c(F)c(F)c4Cl)c(Cl)cc23)C[C@@H]1C. The van der Waals surface area contributed by atoms with E-state index in [1.54, 1.807) is 70.5 Å². The number of aryl methyl sites for hydroxylation is 3. The van der Waals surface area contributed by atoms with Gasteiger partial charge in [-0.25, -0.2) is 23.7 Å². The van der Waals surface area contributed by atoms with Gasteiger partial charge >= 0.3 is 0 Å². The largest absolute Gasteiger partial charge is 0.396 e. The lowest BCUT2D eigenvalue weighted by Gasteiger charge is -2.45. The number of hydrogen-bond donors (Lipinski definition) is 3. The number of amides is 3. The van der Waals surface area contributed by atoms with Gasteiger partial charge in [0.2, 0.25) is 17.7 Å². The van der Waals surface area contributed by atoms with Gasteiger partial charge in [0, 0.05) is 127 Å². The first kappa shape index (κ1) is 107. The van der Waals surface area contributed by atoms with Crippen molar-refractivity contribution in [1.29, 1.82) is 15.8 Å². The molecule has 3 aliphatic rings. The van der Waals surface area contributed by atoms with Crippen LogP contribution in [0.4, 0.5) is 42.9 Å². The summed E-state index contributed by atoms with van der Waals surface area (Å²) in [4.78, 5) is 121. The first-order chi connectivity index (χ1) is 66.5. The van der Waals surface area contributed by atoms with Crippen molar-refractivity contribution in [3.05, 3.63) is 251 Å². The van der Waals surface area contributed by atoms with Crippen molar-refractivity contribution >= 4 is 236 Å². The maximum atomic E-state index is 14.9. The second-order valence-corrected chi connectivity index (χ2v) is 40.3. The summed E-state index contributed by atoms with van der Waals surface area (Å²) in [7, 11) is 0. The molecule has 0 radical (unpaired) electrons. The molecule has 0 spiro atoms. The van der Waals surface area contributed by atoms with E-state index in [4.69, 9.17) is 183 Å². The van der Waals surface area contributed by atoms with E-state index < -0.39 is 44.0 Å². The molecular weight excluding hydrogens is 2080 g/mol. The maximum absolute atomic E-state index is 14.9. The van der Waals surface area contributed by atoms with Gasteiger partial charge in [0.1, 0.15) is 51.8 Å². The molecule has 0 unspecified atom stereocenters. The van der Waals surface area contributed by atoms with E-state index in [0.29, 0.717) is 93.4 Å². The molecule has 3 amide bonds. The number of rotatable bonds is 15. The fourth-order valence-corrected chi connectivity index (χ4v) is 22.3. The van der Waals surface area contributed by atoms with Crippen LogP contribution < -0.4 is 48.6 Å². The first-order valence-electron chi connectivity index (χ1n) is 43.9. The Morgan fingerprint density at radius 3 is 0.858 bits per heavy atom. The molecule has 42 heteroatoms. The molecule has 9 aromatic heterocycles. The molecule has 3 aromatic carbocycles. The highest BCUT2D eigenvalue weighted by atomic mass is 35.5. The summed E-state index contributed by atoms with van der Waals surface area (Å²) in [6, 6.07) is 14.7. The summed E-state index contributed by atoms with van der Waals surface area (Å²) in [5, 5.41) is 31.5. The number of fused-ring (bicyclic) bond motifs is 3. The number of nitrogens with two attached hydrogens (primary N) is 3. The van der Waals surface area contributed by atoms with E-state index in [9.17, 15) is 53.3 Å². The maximum Gasteiger partial charge on any atom is 0.276 e. The van der Waals surface area contributed by atoms with Crippen LogP contribution in [0.15, 0.2) is 107 Å². The molecule has 0 saturated carbocycles. The lowest BCUT2D eigenvalue weighted by Crippen LogP contribution is -2.58. The molecule has 6 atom stereocenters.